The number of nitrogens with one attached hydrogen (secondary N) is 1. The number of carbonyl (C=O) groups is 2. The Morgan fingerprint density at radius 1 is 1.10 bits per heavy atom. The van der Waals surface area contributed by atoms with Crippen molar-refractivity contribution in [2.45, 2.75) is 57.6 Å². The second-order valence-electron chi connectivity index (χ2n) is 7.81. The number of benzene rings is 2. The molecule has 1 N–H and O–H groups in total. The van der Waals surface area contributed by atoms with Gasteiger partial charge in [-0.25, -0.2) is 4.79 Å². The molecule has 0 radical (unpaired) electrons. The number of ether oxygens (including phenoxy) is 1. The Morgan fingerprint density at radius 2 is 1.80 bits per heavy atom. The quantitative estimate of drug-likeness (QED) is 0.602. The first-order valence-electron chi connectivity index (χ1n) is 11.0. The fourth-order valence-electron chi connectivity index (χ4n) is 4.30. The van der Waals surface area contributed by atoms with E-state index in [2.05, 4.69) is 41.4 Å². The fraction of sp³-hybridized carbons (Fsp3) is 0.440. The summed E-state index contributed by atoms with van der Waals surface area (Å²) < 4.78 is 5.20. The molecule has 1 saturated heterocycles. The van der Waals surface area contributed by atoms with Gasteiger partial charge in [0.2, 0.25) is 5.91 Å². The molecular weight excluding hydrogens is 376 g/mol. The lowest BCUT2D eigenvalue weighted by atomic mass is 9.87. The maximum absolute atomic E-state index is 12.8. The maximum Gasteiger partial charge on any atom is 0.407 e. The van der Waals surface area contributed by atoms with Crippen LogP contribution in [0.3, 0.4) is 0 Å². The molecule has 1 fully saturated rings. The Morgan fingerprint density at radius 3 is 2.50 bits per heavy atom. The van der Waals surface area contributed by atoms with E-state index in [4.69, 9.17) is 4.74 Å². The summed E-state index contributed by atoms with van der Waals surface area (Å²) in [4.78, 5) is 26.7. The van der Waals surface area contributed by atoms with Crippen molar-refractivity contribution in [3.63, 3.8) is 0 Å². The molecule has 3 rings (SSSR count). The number of rotatable bonds is 9. The standard InChI is InChI=1S/C25H32N2O3/c1-2-22(21-13-7-4-8-14-21)23-15-10-18-27(23)24(28)16-9-17-26-25(29)30-19-20-11-5-3-6-12-20/h3-8,11-14,22-23H,2,9-10,15-19H2,1H3,(H,26,29)/t22-,23-/m1/s1. The van der Waals surface area contributed by atoms with Crippen LogP contribution in [0, 0.1) is 0 Å². The number of likely N-dealkylation sites (tertiary alicyclic amines) is 1. The number of carbonyl (C=O) groups excluding carboxylic acids is 2. The van der Waals surface area contributed by atoms with Crippen molar-refractivity contribution in [3.05, 3.63) is 71.8 Å². The Balaban J connectivity index is 1.41. The highest BCUT2D eigenvalue weighted by Gasteiger charge is 2.34. The average Bonchev–Trinajstić information content (AvgIpc) is 3.27. The van der Waals surface area contributed by atoms with Crippen LogP contribution in [-0.4, -0.2) is 36.0 Å². The lowest BCUT2D eigenvalue weighted by molar-refractivity contribution is -0.132. The van der Waals surface area contributed by atoms with Crippen LogP contribution >= 0.6 is 0 Å². The molecule has 30 heavy (non-hydrogen) atoms. The van der Waals surface area contributed by atoms with Gasteiger partial charge in [-0.05, 0) is 36.8 Å². The molecule has 0 aliphatic carbocycles. The first-order valence-corrected chi connectivity index (χ1v) is 11.0. The normalized spacial score (nSPS) is 16.8. The zero-order valence-corrected chi connectivity index (χ0v) is 17.8. The molecule has 1 heterocycles. The van der Waals surface area contributed by atoms with E-state index in [-0.39, 0.29) is 18.6 Å². The molecule has 0 bridgehead atoms. The van der Waals surface area contributed by atoms with Crippen LogP contribution in [0.2, 0.25) is 0 Å². The second kappa shape index (κ2) is 11.4. The van der Waals surface area contributed by atoms with Crippen molar-refractivity contribution >= 4 is 12.0 Å². The van der Waals surface area contributed by atoms with Crippen molar-refractivity contribution in [1.29, 1.82) is 0 Å². The number of nitrogens with zero attached hydrogens (tertiary/aromatic N) is 1. The second-order valence-corrected chi connectivity index (χ2v) is 7.81. The number of hydrogen-bond donors (Lipinski definition) is 1. The number of alkyl carbamates (subject to hydrolysis) is 1. The highest BCUT2D eigenvalue weighted by molar-refractivity contribution is 5.77. The van der Waals surface area contributed by atoms with Crippen LogP contribution in [0.25, 0.3) is 0 Å². The summed E-state index contributed by atoms with van der Waals surface area (Å²) in [6, 6.07) is 20.4. The van der Waals surface area contributed by atoms with Crippen LogP contribution in [0.4, 0.5) is 4.79 Å². The van der Waals surface area contributed by atoms with Crippen molar-refractivity contribution in [2.75, 3.05) is 13.1 Å². The van der Waals surface area contributed by atoms with E-state index >= 15 is 0 Å². The Kier molecular flexibility index (Phi) is 8.30. The number of amides is 2. The summed E-state index contributed by atoms with van der Waals surface area (Å²) in [5.41, 5.74) is 2.26. The summed E-state index contributed by atoms with van der Waals surface area (Å²) in [6.45, 7) is 3.72. The van der Waals surface area contributed by atoms with Gasteiger partial charge in [-0.2, -0.15) is 0 Å². The van der Waals surface area contributed by atoms with Gasteiger partial charge < -0.3 is 15.0 Å². The van der Waals surface area contributed by atoms with E-state index in [1.807, 2.05) is 36.4 Å². The molecule has 2 amide bonds. The molecule has 0 aromatic heterocycles. The molecule has 0 saturated carbocycles. The lowest BCUT2D eigenvalue weighted by Gasteiger charge is -2.32. The Labute approximate surface area is 179 Å². The summed E-state index contributed by atoms with van der Waals surface area (Å²) in [6.07, 6.45) is 3.76. The van der Waals surface area contributed by atoms with Crippen LogP contribution in [0.1, 0.15) is 56.1 Å². The third-order valence-electron chi connectivity index (χ3n) is 5.80. The van der Waals surface area contributed by atoms with E-state index in [1.54, 1.807) is 0 Å². The van der Waals surface area contributed by atoms with E-state index in [0.29, 0.717) is 25.3 Å². The first-order chi connectivity index (χ1) is 14.7. The molecule has 0 unspecified atom stereocenters. The van der Waals surface area contributed by atoms with Gasteiger partial charge >= 0.3 is 6.09 Å². The summed E-state index contributed by atoms with van der Waals surface area (Å²) >= 11 is 0. The Hall–Kier alpha value is -2.82. The third-order valence-corrected chi connectivity index (χ3v) is 5.80. The highest BCUT2D eigenvalue weighted by Crippen LogP contribution is 2.33. The van der Waals surface area contributed by atoms with Gasteiger partial charge in [0.15, 0.2) is 0 Å². The maximum atomic E-state index is 12.8. The topological polar surface area (TPSA) is 58.6 Å². The predicted molar refractivity (Wildman–Crippen MR) is 118 cm³/mol. The molecule has 1 aliphatic heterocycles. The first kappa shape index (κ1) is 21.9. The predicted octanol–water partition coefficient (Wildman–Crippen LogP) is 4.88. The molecule has 5 nitrogen and oxygen atoms in total. The van der Waals surface area contributed by atoms with Gasteiger partial charge in [-0.1, -0.05) is 67.6 Å². The third kappa shape index (κ3) is 6.09. The average molecular weight is 409 g/mol. The monoisotopic (exact) mass is 408 g/mol. The van der Waals surface area contributed by atoms with Crippen molar-refractivity contribution in [2.24, 2.45) is 0 Å². The largest absolute Gasteiger partial charge is 0.445 e. The van der Waals surface area contributed by atoms with Crippen molar-refractivity contribution in [3.8, 4) is 0 Å². The minimum Gasteiger partial charge on any atom is -0.445 e. The van der Waals surface area contributed by atoms with Gasteiger partial charge in [-0.15, -0.1) is 0 Å². The molecular formula is C25H32N2O3. The molecule has 1 aliphatic rings. The minimum atomic E-state index is -0.444. The summed E-state index contributed by atoms with van der Waals surface area (Å²) in [5.74, 6) is 0.565. The molecule has 2 aromatic carbocycles. The lowest BCUT2D eigenvalue weighted by Crippen LogP contribution is -2.39. The minimum absolute atomic E-state index is 0.186. The van der Waals surface area contributed by atoms with Crippen LogP contribution in [-0.2, 0) is 16.1 Å². The highest BCUT2D eigenvalue weighted by atomic mass is 16.5. The van der Waals surface area contributed by atoms with E-state index in [9.17, 15) is 9.59 Å². The van der Waals surface area contributed by atoms with Gasteiger partial charge in [0.05, 0.1) is 0 Å². The zero-order chi connectivity index (χ0) is 21.2. The van der Waals surface area contributed by atoms with E-state index in [0.717, 1.165) is 31.4 Å². The molecule has 160 valence electrons. The van der Waals surface area contributed by atoms with Crippen LogP contribution < -0.4 is 5.32 Å². The van der Waals surface area contributed by atoms with E-state index in [1.165, 1.54) is 5.56 Å². The number of hydrogen-bond acceptors (Lipinski definition) is 3. The Bertz CT molecular complexity index is 795. The molecule has 2 atom stereocenters. The smallest absolute Gasteiger partial charge is 0.407 e. The van der Waals surface area contributed by atoms with Gasteiger partial charge in [0.25, 0.3) is 0 Å². The summed E-state index contributed by atoms with van der Waals surface area (Å²) in [7, 11) is 0. The SMILES string of the molecule is CC[C@H](c1ccccc1)[C@H]1CCCN1C(=O)CCCNC(=O)OCc1ccccc1. The zero-order valence-electron chi connectivity index (χ0n) is 17.8. The molecule has 2 aromatic rings. The van der Waals surface area contributed by atoms with Crippen molar-refractivity contribution in [1.82, 2.24) is 10.2 Å². The van der Waals surface area contributed by atoms with E-state index < -0.39 is 6.09 Å². The van der Waals surface area contributed by atoms with Gasteiger partial charge in [0.1, 0.15) is 6.61 Å². The fourth-order valence-corrected chi connectivity index (χ4v) is 4.30. The van der Waals surface area contributed by atoms with Gasteiger partial charge in [-0.3, -0.25) is 4.79 Å². The van der Waals surface area contributed by atoms with Crippen molar-refractivity contribution < 1.29 is 14.3 Å². The summed E-state index contributed by atoms with van der Waals surface area (Å²) in [5, 5.41) is 2.74. The van der Waals surface area contributed by atoms with Crippen LogP contribution in [0.15, 0.2) is 60.7 Å². The van der Waals surface area contributed by atoms with Crippen LogP contribution in [0.5, 0.6) is 0 Å². The molecule has 5 heteroatoms. The molecule has 0 spiro atoms. The van der Waals surface area contributed by atoms with Gasteiger partial charge in [0, 0.05) is 31.5 Å².